The average Bonchev–Trinajstić information content (AvgIpc) is 3.14. The summed E-state index contributed by atoms with van der Waals surface area (Å²) in [5.41, 5.74) is 7.91. The minimum absolute atomic E-state index is 0.354. The lowest BCUT2D eigenvalue weighted by Crippen LogP contribution is -1.93. The monoisotopic (exact) mass is 292 g/mol. The normalized spacial score (nSPS) is 11.1. The van der Waals surface area contributed by atoms with Gasteiger partial charge in [-0.2, -0.15) is 5.10 Å². The first-order valence-electron chi connectivity index (χ1n) is 6.71. The van der Waals surface area contributed by atoms with Gasteiger partial charge in [0.2, 0.25) is 5.82 Å². The number of aryl methyl sites for hydroxylation is 1. The number of rotatable bonds is 2. The number of nitrogens with zero attached hydrogens (tertiary/aromatic N) is 4. The Morgan fingerprint density at radius 2 is 2.00 bits per heavy atom. The van der Waals surface area contributed by atoms with Gasteiger partial charge in [0, 0.05) is 10.9 Å². The van der Waals surface area contributed by atoms with E-state index in [0.29, 0.717) is 28.9 Å². The van der Waals surface area contributed by atoms with Gasteiger partial charge in [0.1, 0.15) is 17.1 Å². The Morgan fingerprint density at radius 1 is 1.14 bits per heavy atom. The summed E-state index contributed by atoms with van der Waals surface area (Å²) < 4.78 is 5.86. The molecule has 3 N–H and O–H groups in total. The number of aromatic amines is 1. The molecule has 22 heavy (non-hydrogen) atoms. The van der Waals surface area contributed by atoms with E-state index in [9.17, 15) is 0 Å². The van der Waals surface area contributed by atoms with Gasteiger partial charge in [-0.3, -0.25) is 5.10 Å². The van der Waals surface area contributed by atoms with Crippen LogP contribution >= 0.6 is 0 Å². The highest BCUT2D eigenvalue weighted by molar-refractivity contribution is 5.86. The molecule has 0 aliphatic carbocycles. The molecule has 108 valence electrons. The molecule has 4 aromatic rings. The molecule has 0 unspecified atom stereocenters. The number of aromatic nitrogens is 5. The number of hydrogen-bond acceptors (Lipinski definition) is 6. The van der Waals surface area contributed by atoms with Crippen LogP contribution in [0.15, 0.2) is 41.1 Å². The first-order valence-corrected chi connectivity index (χ1v) is 6.71. The Morgan fingerprint density at radius 3 is 2.77 bits per heavy atom. The van der Waals surface area contributed by atoms with Crippen molar-refractivity contribution in [2.75, 3.05) is 5.73 Å². The third-order valence-corrected chi connectivity index (χ3v) is 3.45. The fraction of sp³-hybridized carbons (Fsp3) is 0.0667. The van der Waals surface area contributed by atoms with E-state index in [0.717, 1.165) is 16.5 Å². The summed E-state index contributed by atoms with van der Waals surface area (Å²) in [6, 6.07) is 7.85. The molecule has 0 aliphatic heterocycles. The maximum absolute atomic E-state index is 5.86. The molecule has 0 saturated carbocycles. The zero-order valence-electron chi connectivity index (χ0n) is 11.7. The van der Waals surface area contributed by atoms with E-state index in [1.807, 2.05) is 31.2 Å². The van der Waals surface area contributed by atoms with E-state index in [1.54, 1.807) is 0 Å². The maximum atomic E-state index is 5.86. The van der Waals surface area contributed by atoms with Gasteiger partial charge in [-0.1, -0.05) is 18.2 Å². The summed E-state index contributed by atoms with van der Waals surface area (Å²) in [4.78, 5) is 12.6. The topological polar surface area (TPSA) is 107 Å². The molecule has 3 heterocycles. The quantitative estimate of drug-likeness (QED) is 0.588. The van der Waals surface area contributed by atoms with Crippen molar-refractivity contribution in [3.8, 4) is 23.1 Å². The number of nitrogens with one attached hydrogen (secondary N) is 1. The molecular weight excluding hydrogens is 280 g/mol. The molecule has 0 radical (unpaired) electrons. The lowest BCUT2D eigenvalue weighted by atomic mass is 10.1. The van der Waals surface area contributed by atoms with Crippen LogP contribution in [0.5, 0.6) is 0 Å². The van der Waals surface area contributed by atoms with Crippen LogP contribution in [0.4, 0.5) is 5.82 Å². The standard InChI is InChI=1S/C15H12N6O/c1-8-9-4-2-3-5-11(9)22-13(8)15-19-14(20-21-15)10-6-18-12(16)7-17-10/h2-7H,1H3,(H2,16,18)(H,19,20,21). The van der Waals surface area contributed by atoms with Crippen LogP contribution in [0, 0.1) is 6.92 Å². The summed E-state index contributed by atoms with van der Waals surface area (Å²) in [5.74, 6) is 2.03. The number of benzene rings is 1. The van der Waals surface area contributed by atoms with E-state index in [1.165, 1.54) is 12.4 Å². The third kappa shape index (κ3) is 1.91. The van der Waals surface area contributed by atoms with Gasteiger partial charge in [-0.05, 0) is 13.0 Å². The van der Waals surface area contributed by atoms with Gasteiger partial charge in [0.15, 0.2) is 11.6 Å². The predicted octanol–water partition coefficient (Wildman–Crippen LogP) is 2.57. The molecule has 7 nitrogen and oxygen atoms in total. The summed E-state index contributed by atoms with van der Waals surface area (Å²) >= 11 is 0. The van der Waals surface area contributed by atoms with Gasteiger partial charge in [-0.15, -0.1) is 0 Å². The number of nitrogens with two attached hydrogens (primary N) is 1. The molecule has 4 rings (SSSR count). The molecular formula is C15H12N6O. The number of fused-ring (bicyclic) bond motifs is 1. The Kier molecular flexibility index (Phi) is 2.65. The number of hydrogen-bond donors (Lipinski definition) is 2. The van der Waals surface area contributed by atoms with E-state index < -0.39 is 0 Å². The zero-order chi connectivity index (χ0) is 15.1. The minimum Gasteiger partial charge on any atom is -0.452 e. The van der Waals surface area contributed by atoms with Crippen molar-refractivity contribution in [1.29, 1.82) is 0 Å². The van der Waals surface area contributed by atoms with Gasteiger partial charge >= 0.3 is 0 Å². The van der Waals surface area contributed by atoms with Crippen molar-refractivity contribution >= 4 is 16.8 Å². The Hall–Kier alpha value is -3.22. The highest BCUT2D eigenvalue weighted by Gasteiger charge is 2.16. The maximum Gasteiger partial charge on any atom is 0.201 e. The molecule has 0 spiro atoms. The second kappa shape index (κ2) is 4.66. The minimum atomic E-state index is 0.354. The average molecular weight is 292 g/mol. The van der Waals surface area contributed by atoms with Crippen LogP contribution in [0.1, 0.15) is 5.56 Å². The van der Waals surface area contributed by atoms with E-state index in [-0.39, 0.29) is 0 Å². The lowest BCUT2D eigenvalue weighted by molar-refractivity contribution is 0.623. The molecule has 0 amide bonds. The second-order valence-electron chi connectivity index (χ2n) is 4.89. The molecule has 0 fully saturated rings. The Bertz CT molecular complexity index is 954. The fourth-order valence-electron chi connectivity index (χ4n) is 2.33. The van der Waals surface area contributed by atoms with Crippen molar-refractivity contribution in [2.24, 2.45) is 0 Å². The number of anilines is 1. The van der Waals surface area contributed by atoms with E-state index in [2.05, 4.69) is 25.1 Å². The van der Waals surface area contributed by atoms with Crippen molar-refractivity contribution in [3.05, 3.63) is 42.2 Å². The van der Waals surface area contributed by atoms with Gasteiger partial charge in [0.25, 0.3) is 0 Å². The van der Waals surface area contributed by atoms with Crippen molar-refractivity contribution in [2.45, 2.75) is 6.92 Å². The predicted molar refractivity (Wildman–Crippen MR) is 81.8 cm³/mol. The van der Waals surface area contributed by atoms with Crippen LogP contribution in [0.2, 0.25) is 0 Å². The summed E-state index contributed by atoms with van der Waals surface area (Å²) in [6.07, 6.45) is 3.01. The van der Waals surface area contributed by atoms with Gasteiger partial charge in [-0.25, -0.2) is 15.0 Å². The van der Waals surface area contributed by atoms with E-state index >= 15 is 0 Å². The molecule has 0 aliphatic rings. The Balaban J connectivity index is 1.80. The second-order valence-corrected chi connectivity index (χ2v) is 4.89. The third-order valence-electron chi connectivity index (χ3n) is 3.45. The van der Waals surface area contributed by atoms with Crippen molar-refractivity contribution in [1.82, 2.24) is 25.1 Å². The highest BCUT2D eigenvalue weighted by Crippen LogP contribution is 2.31. The molecule has 1 aromatic carbocycles. The van der Waals surface area contributed by atoms with Crippen LogP contribution in [-0.4, -0.2) is 25.1 Å². The van der Waals surface area contributed by atoms with E-state index in [4.69, 9.17) is 10.2 Å². The molecule has 0 bridgehead atoms. The number of furan rings is 1. The van der Waals surface area contributed by atoms with Gasteiger partial charge in [0.05, 0.1) is 12.4 Å². The summed E-state index contributed by atoms with van der Waals surface area (Å²) in [6.45, 7) is 1.99. The number of para-hydroxylation sites is 1. The summed E-state index contributed by atoms with van der Waals surface area (Å²) in [7, 11) is 0. The lowest BCUT2D eigenvalue weighted by Gasteiger charge is -1.94. The molecule has 0 saturated heterocycles. The molecule has 0 atom stereocenters. The summed E-state index contributed by atoms with van der Waals surface area (Å²) in [5, 5.41) is 8.11. The first kappa shape index (κ1) is 12.5. The fourth-order valence-corrected chi connectivity index (χ4v) is 2.33. The Labute approximate surface area is 125 Å². The molecule has 7 heteroatoms. The SMILES string of the molecule is Cc1c(-c2nc(-c3cnc(N)cn3)n[nH]2)oc2ccccc12. The van der Waals surface area contributed by atoms with Crippen LogP contribution < -0.4 is 5.73 Å². The molecule has 3 aromatic heterocycles. The van der Waals surface area contributed by atoms with Crippen LogP contribution in [-0.2, 0) is 0 Å². The zero-order valence-corrected chi connectivity index (χ0v) is 11.7. The number of H-pyrrole nitrogens is 1. The smallest absolute Gasteiger partial charge is 0.201 e. The van der Waals surface area contributed by atoms with Crippen LogP contribution in [0.3, 0.4) is 0 Å². The number of nitrogen functional groups attached to an aromatic ring is 1. The van der Waals surface area contributed by atoms with Crippen LogP contribution in [0.25, 0.3) is 34.1 Å². The van der Waals surface area contributed by atoms with Crippen molar-refractivity contribution < 1.29 is 4.42 Å². The largest absolute Gasteiger partial charge is 0.452 e. The van der Waals surface area contributed by atoms with Crippen molar-refractivity contribution in [3.63, 3.8) is 0 Å². The first-order chi connectivity index (χ1) is 10.7. The highest BCUT2D eigenvalue weighted by atomic mass is 16.3. The van der Waals surface area contributed by atoms with Gasteiger partial charge < -0.3 is 10.2 Å².